The van der Waals surface area contributed by atoms with Crippen molar-refractivity contribution in [1.82, 2.24) is 9.88 Å². The number of carbonyl (C=O) groups excluding carboxylic acids is 1. The monoisotopic (exact) mass is 324 g/mol. The third-order valence-corrected chi connectivity index (χ3v) is 4.24. The molecule has 3 rings (SSSR count). The van der Waals surface area contributed by atoms with E-state index in [9.17, 15) is 4.79 Å². The maximum absolute atomic E-state index is 12.4. The van der Waals surface area contributed by atoms with Crippen molar-refractivity contribution in [3.8, 4) is 0 Å². The summed E-state index contributed by atoms with van der Waals surface area (Å²) in [7, 11) is 0. The van der Waals surface area contributed by atoms with Crippen LogP contribution in [0.1, 0.15) is 22.2 Å². The first-order valence-corrected chi connectivity index (χ1v) is 7.40. The van der Waals surface area contributed by atoms with Gasteiger partial charge < -0.3 is 14.6 Å². The lowest BCUT2D eigenvalue weighted by Crippen LogP contribution is -2.42. The molecule has 6 heteroatoms. The van der Waals surface area contributed by atoms with Crippen molar-refractivity contribution in [2.45, 2.75) is 6.10 Å². The second-order valence-electron chi connectivity index (χ2n) is 4.87. The summed E-state index contributed by atoms with van der Waals surface area (Å²) in [5.74, 6) is -0.0200. The largest absolute Gasteiger partial charge is 0.370 e. The molecule has 0 spiro atoms. The summed E-state index contributed by atoms with van der Waals surface area (Å²) >= 11 is 12.0. The molecule has 1 aromatic heterocycles. The summed E-state index contributed by atoms with van der Waals surface area (Å²) in [6.07, 6.45) is 1.55. The van der Waals surface area contributed by atoms with Gasteiger partial charge in [-0.3, -0.25) is 4.79 Å². The van der Waals surface area contributed by atoms with E-state index >= 15 is 0 Å². The fourth-order valence-electron chi connectivity index (χ4n) is 2.38. The van der Waals surface area contributed by atoms with Crippen LogP contribution in [0.3, 0.4) is 0 Å². The zero-order valence-electron chi connectivity index (χ0n) is 11.2. The lowest BCUT2D eigenvalue weighted by atomic mass is 10.1. The van der Waals surface area contributed by atoms with Gasteiger partial charge in [0.25, 0.3) is 5.91 Å². The zero-order chi connectivity index (χ0) is 14.8. The van der Waals surface area contributed by atoms with E-state index in [1.807, 2.05) is 12.1 Å². The highest BCUT2D eigenvalue weighted by Gasteiger charge is 2.26. The minimum Gasteiger partial charge on any atom is -0.370 e. The Bertz CT molecular complexity index is 643. The van der Waals surface area contributed by atoms with Crippen molar-refractivity contribution in [1.29, 1.82) is 0 Å². The highest BCUT2D eigenvalue weighted by atomic mass is 35.5. The molecule has 0 unspecified atom stereocenters. The van der Waals surface area contributed by atoms with Crippen molar-refractivity contribution in [2.75, 3.05) is 19.7 Å². The molecule has 1 atom stereocenters. The first-order chi connectivity index (χ1) is 10.1. The van der Waals surface area contributed by atoms with Gasteiger partial charge in [-0.1, -0.05) is 29.3 Å². The maximum atomic E-state index is 12.4. The average Bonchev–Trinajstić information content (AvgIpc) is 3.04. The predicted octanol–water partition coefficient (Wildman–Crippen LogP) is 3.54. The number of halogens is 2. The number of benzene rings is 1. The van der Waals surface area contributed by atoms with Gasteiger partial charge in [0.15, 0.2) is 0 Å². The molecule has 1 saturated heterocycles. The molecule has 110 valence electrons. The number of carbonyl (C=O) groups is 1. The number of nitrogens with one attached hydrogen (secondary N) is 1. The van der Waals surface area contributed by atoms with Gasteiger partial charge in [0.05, 0.1) is 23.2 Å². The van der Waals surface area contributed by atoms with Crippen LogP contribution in [-0.2, 0) is 4.74 Å². The van der Waals surface area contributed by atoms with E-state index in [1.165, 1.54) is 0 Å². The minimum atomic E-state index is -0.188. The molecule has 0 saturated carbocycles. The number of aromatic amines is 1. The molecular formula is C15H14Cl2N2O2. The summed E-state index contributed by atoms with van der Waals surface area (Å²) in [5.41, 5.74) is 1.51. The number of hydrogen-bond donors (Lipinski definition) is 1. The Morgan fingerprint density at radius 3 is 2.86 bits per heavy atom. The lowest BCUT2D eigenvalue weighted by molar-refractivity contribution is -0.0229. The Hall–Kier alpha value is -1.49. The Kier molecular flexibility index (Phi) is 4.19. The van der Waals surface area contributed by atoms with Gasteiger partial charge in [-0.05, 0) is 29.8 Å². The van der Waals surface area contributed by atoms with Crippen molar-refractivity contribution in [3.05, 3.63) is 57.8 Å². The zero-order valence-corrected chi connectivity index (χ0v) is 12.7. The van der Waals surface area contributed by atoms with E-state index in [4.69, 9.17) is 27.9 Å². The molecule has 1 aromatic carbocycles. The molecule has 1 N–H and O–H groups in total. The van der Waals surface area contributed by atoms with Gasteiger partial charge in [-0.25, -0.2) is 0 Å². The summed E-state index contributed by atoms with van der Waals surface area (Å²) in [6, 6.07) is 8.99. The molecule has 1 aliphatic heterocycles. The van der Waals surface area contributed by atoms with Gasteiger partial charge in [0.2, 0.25) is 0 Å². The second-order valence-corrected chi connectivity index (χ2v) is 5.68. The quantitative estimate of drug-likeness (QED) is 0.918. The summed E-state index contributed by atoms with van der Waals surface area (Å²) in [6.45, 7) is 1.57. The predicted molar refractivity (Wildman–Crippen MR) is 81.9 cm³/mol. The van der Waals surface area contributed by atoms with E-state index in [2.05, 4.69) is 4.98 Å². The van der Waals surface area contributed by atoms with E-state index in [0.717, 1.165) is 5.56 Å². The number of morpholine rings is 1. The fraction of sp³-hybridized carbons (Fsp3) is 0.267. The lowest BCUT2D eigenvalue weighted by Gasteiger charge is -2.33. The third-order valence-electron chi connectivity index (χ3n) is 3.50. The highest BCUT2D eigenvalue weighted by molar-refractivity contribution is 6.42. The minimum absolute atomic E-state index is 0.0200. The molecule has 0 bridgehead atoms. The molecule has 1 amide bonds. The van der Waals surface area contributed by atoms with Crippen LogP contribution in [-0.4, -0.2) is 35.5 Å². The molecule has 2 aromatic rings. The number of H-pyrrole nitrogens is 1. The molecule has 21 heavy (non-hydrogen) atoms. The number of ether oxygens (including phenoxy) is 1. The Morgan fingerprint density at radius 2 is 2.14 bits per heavy atom. The molecule has 1 fully saturated rings. The van der Waals surface area contributed by atoms with Crippen LogP contribution >= 0.6 is 23.2 Å². The average molecular weight is 325 g/mol. The number of hydrogen-bond acceptors (Lipinski definition) is 2. The summed E-state index contributed by atoms with van der Waals surface area (Å²) in [5, 5.41) is 1.00. The Labute approximate surface area is 132 Å². The van der Waals surface area contributed by atoms with Crippen molar-refractivity contribution < 1.29 is 9.53 Å². The summed E-state index contributed by atoms with van der Waals surface area (Å²) < 4.78 is 5.75. The van der Waals surface area contributed by atoms with E-state index in [-0.39, 0.29) is 12.0 Å². The van der Waals surface area contributed by atoms with E-state index in [0.29, 0.717) is 35.4 Å². The topological polar surface area (TPSA) is 45.3 Å². The maximum Gasteiger partial charge on any atom is 0.270 e. The highest BCUT2D eigenvalue weighted by Crippen LogP contribution is 2.29. The van der Waals surface area contributed by atoms with Gasteiger partial charge in [0.1, 0.15) is 11.8 Å². The standard InChI is InChI=1S/C15H14Cl2N2O2/c16-11-4-3-10(8-12(11)17)14-9-19(6-7-21-14)15(20)13-2-1-5-18-13/h1-5,8,14,18H,6-7,9H2/t14-/m0/s1. The summed E-state index contributed by atoms with van der Waals surface area (Å²) in [4.78, 5) is 17.1. The fourth-order valence-corrected chi connectivity index (χ4v) is 2.69. The van der Waals surface area contributed by atoms with Crippen LogP contribution < -0.4 is 0 Å². The molecule has 2 heterocycles. The normalized spacial score (nSPS) is 18.8. The Balaban J connectivity index is 1.76. The van der Waals surface area contributed by atoms with E-state index in [1.54, 1.807) is 29.3 Å². The number of rotatable bonds is 2. The van der Waals surface area contributed by atoms with Crippen molar-refractivity contribution >= 4 is 29.1 Å². The smallest absolute Gasteiger partial charge is 0.270 e. The molecule has 1 aliphatic rings. The van der Waals surface area contributed by atoms with Crippen LogP contribution in [0.4, 0.5) is 0 Å². The third kappa shape index (κ3) is 3.07. The number of nitrogens with zero attached hydrogens (tertiary/aromatic N) is 1. The van der Waals surface area contributed by atoms with E-state index < -0.39 is 0 Å². The first kappa shape index (κ1) is 14.4. The van der Waals surface area contributed by atoms with Crippen molar-refractivity contribution in [2.24, 2.45) is 0 Å². The van der Waals surface area contributed by atoms with Gasteiger partial charge in [0, 0.05) is 12.7 Å². The van der Waals surface area contributed by atoms with Crippen LogP contribution in [0, 0.1) is 0 Å². The van der Waals surface area contributed by atoms with Crippen molar-refractivity contribution in [3.63, 3.8) is 0 Å². The van der Waals surface area contributed by atoms with Crippen LogP contribution in [0.5, 0.6) is 0 Å². The first-order valence-electron chi connectivity index (χ1n) is 6.64. The van der Waals surface area contributed by atoms with Crippen LogP contribution in [0.2, 0.25) is 10.0 Å². The van der Waals surface area contributed by atoms with Gasteiger partial charge >= 0.3 is 0 Å². The SMILES string of the molecule is O=C(c1ccc[nH]1)N1CCO[C@H](c2ccc(Cl)c(Cl)c2)C1. The molecular weight excluding hydrogens is 311 g/mol. The second kappa shape index (κ2) is 6.10. The van der Waals surface area contributed by atoms with Gasteiger partial charge in [-0.15, -0.1) is 0 Å². The van der Waals surface area contributed by atoms with Crippen LogP contribution in [0.25, 0.3) is 0 Å². The molecule has 4 nitrogen and oxygen atoms in total. The number of amides is 1. The number of aromatic nitrogens is 1. The van der Waals surface area contributed by atoms with Crippen LogP contribution in [0.15, 0.2) is 36.5 Å². The Morgan fingerprint density at radius 1 is 1.29 bits per heavy atom. The molecule has 0 aliphatic carbocycles. The molecule has 0 radical (unpaired) electrons. The van der Waals surface area contributed by atoms with Gasteiger partial charge in [-0.2, -0.15) is 0 Å².